The molecule has 0 spiro atoms. The lowest BCUT2D eigenvalue weighted by atomic mass is 10.1. The summed E-state index contributed by atoms with van der Waals surface area (Å²) in [5, 5.41) is 20.4. The highest BCUT2D eigenvalue weighted by Crippen LogP contribution is 2.17. The maximum Gasteiger partial charge on any atom is 0.251 e. The van der Waals surface area contributed by atoms with Gasteiger partial charge in [-0.25, -0.2) is 14.6 Å². The van der Waals surface area contributed by atoms with Gasteiger partial charge < -0.3 is 15.7 Å². The van der Waals surface area contributed by atoms with Gasteiger partial charge >= 0.3 is 0 Å². The highest BCUT2D eigenvalue weighted by atomic mass is 35.5. The molecule has 1 saturated heterocycles. The number of aryl methyl sites for hydroxylation is 3. The van der Waals surface area contributed by atoms with Crippen molar-refractivity contribution in [1.29, 1.82) is 0 Å². The quantitative estimate of drug-likeness (QED) is 0.684. The van der Waals surface area contributed by atoms with E-state index in [-0.39, 0.29) is 30.7 Å². The van der Waals surface area contributed by atoms with Crippen molar-refractivity contribution in [3.05, 3.63) is 34.4 Å². The summed E-state index contributed by atoms with van der Waals surface area (Å²) in [5.41, 5.74) is 4.30. The Hall–Kier alpha value is -2.03. The second-order valence-corrected chi connectivity index (χ2v) is 6.98. The van der Waals surface area contributed by atoms with Crippen LogP contribution in [0.3, 0.4) is 0 Å². The van der Waals surface area contributed by atoms with Gasteiger partial charge in [-0.1, -0.05) is 0 Å². The fourth-order valence-electron chi connectivity index (χ4n) is 3.32. The Morgan fingerprint density at radius 2 is 1.93 bits per heavy atom. The number of halogens is 1. The van der Waals surface area contributed by atoms with Crippen molar-refractivity contribution < 1.29 is 9.90 Å². The summed E-state index contributed by atoms with van der Waals surface area (Å²) in [5.74, 6) is 0.513. The Labute approximate surface area is 165 Å². The summed E-state index contributed by atoms with van der Waals surface area (Å²) in [7, 11) is 0. The van der Waals surface area contributed by atoms with E-state index >= 15 is 0 Å². The molecule has 0 radical (unpaired) electrons. The summed E-state index contributed by atoms with van der Waals surface area (Å²) in [6, 6.07) is 1.91. The first-order valence-corrected chi connectivity index (χ1v) is 8.88. The molecule has 0 bridgehead atoms. The monoisotopic (exact) mass is 394 g/mol. The van der Waals surface area contributed by atoms with Crippen LogP contribution in [-0.4, -0.2) is 56.5 Å². The number of aliphatic hydroxyl groups is 1. The fourth-order valence-corrected chi connectivity index (χ4v) is 3.32. The number of hydrogen-bond acceptors (Lipinski definition) is 6. The van der Waals surface area contributed by atoms with Crippen LogP contribution in [0.2, 0.25) is 0 Å². The van der Waals surface area contributed by atoms with Crippen LogP contribution in [0, 0.1) is 33.6 Å². The van der Waals surface area contributed by atoms with Crippen LogP contribution in [0.25, 0.3) is 5.95 Å². The zero-order valence-electron chi connectivity index (χ0n) is 16.1. The van der Waals surface area contributed by atoms with Crippen molar-refractivity contribution in [2.45, 2.75) is 40.2 Å². The normalized spacial score (nSPS) is 19.0. The van der Waals surface area contributed by atoms with E-state index in [4.69, 9.17) is 0 Å². The molecule has 8 nitrogen and oxygen atoms in total. The van der Waals surface area contributed by atoms with Crippen LogP contribution in [-0.2, 0) is 11.2 Å². The van der Waals surface area contributed by atoms with E-state index in [0.29, 0.717) is 19.0 Å². The number of amides is 1. The van der Waals surface area contributed by atoms with Gasteiger partial charge in [0.05, 0.1) is 18.2 Å². The van der Waals surface area contributed by atoms with Gasteiger partial charge in [-0.15, -0.1) is 12.4 Å². The van der Waals surface area contributed by atoms with E-state index in [1.807, 2.05) is 33.8 Å². The molecule has 1 amide bonds. The molecule has 0 saturated carbocycles. The third-order valence-corrected chi connectivity index (χ3v) is 4.80. The third-order valence-electron chi connectivity index (χ3n) is 4.80. The first-order chi connectivity index (χ1) is 12.3. The lowest BCUT2D eigenvalue weighted by Crippen LogP contribution is -2.35. The second kappa shape index (κ2) is 8.77. The number of carbonyl (C=O) groups excluding carboxylic acids is 1. The van der Waals surface area contributed by atoms with Crippen molar-refractivity contribution in [2.75, 3.05) is 19.6 Å². The molecule has 3 heterocycles. The van der Waals surface area contributed by atoms with E-state index in [1.165, 1.54) is 0 Å². The molecular formula is C18H27ClN6O2. The summed E-state index contributed by atoms with van der Waals surface area (Å²) in [6.07, 6.45) is -0.151. The van der Waals surface area contributed by atoms with Crippen LogP contribution in [0.5, 0.6) is 0 Å². The minimum Gasteiger partial charge on any atom is -0.391 e. The van der Waals surface area contributed by atoms with E-state index in [9.17, 15) is 9.90 Å². The van der Waals surface area contributed by atoms with Crippen molar-refractivity contribution in [2.24, 2.45) is 5.92 Å². The van der Waals surface area contributed by atoms with Crippen LogP contribution in [0.15, 0.2) is 6.07 Å². The van der Waals surface area contributed by atoms with E-state index in [0.717, 1.165) is 34.9 Å². The molecule has 1 aliphatic heterocycles. The van der Waals surface area contributed by atoms with Crippen molar-refractivity contribution in [3.63, 3.8) is 0 Å². The van der Waals surface area contributed by atoms with Gasteiger partial charge in [0.25, 0.3) is 5.95 Å². The second-order valence-electron chi connectivity index (χ2n) is 6.98. The number of aliphatic hydroxyl groups excluding tert-OH is 1. The highest BCUT2D eigenvalue weighted by molar-refractivity contribution is 5.85. The predicted molar refractivity (Wildman–Crippen MR) is 104 cm³/mol. The molecule has 0 aliphatic carbocycles. The molecule has 9 heteroatoms. The number of hydrogen-bond donors (Lipinski definition) is 3. The lowest BCUT2D eigenvalue weighted by molar-refractivity contribution is -0.120. The number of rotatable bonds is 5. The zero-order valence-corrected chi connectivity index (χ0v) is 16.9. The number of nitrogens with zero attached hydrogens (tertiary/aromatic N) is 4. The number of aromatic nitrogens is 4. The van der Waals surface area contributed by atoms with Crippen molar-refractivity contribution in [1.82, 2.24) is 30.4 Å². The summed E-state index contributed by atoms with van der Waals surface area (Å²) in [6.45, 7) is 9.44. The summed E-state index contributed by atoms with van der Waals surface area (Å²) < 4.78 is 1.70. The number of carbonyl (C=O) groups is 1. The Morgan fingerprint density at radius 1 is 1.26 bits per heavy atom. The van der Waals surface area contributed by atoms with Crippen LogP contribution in [0.1, 0.15) is 28.3 Å². The first kappa shape index (κ1) is 21.3. The molecule has 148 valence electrons. The van der Waals surface area contributed by atoms with Crippen LogP contribution >= 0.6 is 12.4 Å². The average molecular weight is 395 g/mol. The molecular weight excluding hydrogens is 368 g/mol. The van der Waals surface area contributed by atoms with Gasteiger partial charge in [0, 0.05) is 48.2 Å². The molecule has 2 atom stereocenters. The molecule has 2 aromatic rings. The van der Waals surface area contributed by atoms with Gasteiger partial charge in [0.15, 0.2) is 0 Å². The topological polar surface area (TPSA) is 105 Å². The SMILES string of the molecule is Cc1cc(C)nc(-n2nc(C)c(CC(=O)NCC3CNCC3O)c2C)n1.Cl. The van der Waals surface area contributed by atoms with Crippen LogP contribution < -0.4 is 10.6 Å². The number of β-amino-alcohol motifs (C(OH)–C–C–N with tert-alkyl or cyclic N) is 1. The summed E-state index contributed by atoms with van der Waals surface area (Å²) in [4.78, 5) is 21.3. The van der Waals surface area contributed by atoms with Gasteiger partial charge in [-0.05, 0) is 33.8 Å². The molecule has 0 aromatic carbocycles. The minimum absolute atomic E-state index is 0. The minimum atomic E-state index is -0.400. The molecule has 27 heavy (non-hydrogen) atoms. The first-order valence-electron chi connectivity index (χ1n) is 8.88. The molecule has 1 aliphatic rings. The maximum atomic E-state index is 12.4. The van der Waals surface area contributed by atoms with Crippen molar-refractivity contribution >= 4 is 18.3 Å². The van der Waals surface area contributed by atoms with Gasteiger partial charge in [0.1, 0.15) is 0 Å². The molecule has 2 unspecified atom stereocenters. The third kappa shape index (κ3) is 4.82. The van der Waals surface area contributed by atoms with E-state index < -0.39 is 6.10 Å². The van der Waals surface area contributed by atoms with Crippen molar-refractivity contribution in [3.8, 4) is 5.95 Å². The Morgan fingerprint density at radius 3 is 2.52 bits per heavy atom. The largest absolute Gasteiger partial charge is 0.391 e. The number of nitrogens with one attached hydrogen (secondary N) is 2. The smallest absolute Gasteiger partial charge is 0.251 e. The Balaban J connectivity index is 0.00000261. The molecule has 2 aromatic heterocycles. The highest BCUT2D eigenvalue weighted by Gasteiger charge is 2.25. The Kier molecular flexibility index (Phi) is 6.91. The standard InChI is InChI=1S/C18H26N6O2.ClH/c1-10-5-11(2)22-18(21-10)24-13(4)15(12(3)23-24)6-17(26)20-8-14-7-19-9-16(14)25;/h5,14,16,19,25H,6-9H2,1-4H3,(H,20,26);1H. The average Bonchev–Trinajstić information content (AvgIpc) is 3.10. The fraction of sp³-hybridized carbons (Fsp3) is 0.556. The summed E-state index contributed by atoms with van der Waals surface area (Å²) >= 11 is 0. The van der Waals surface area contributed by atoms with Gasteiger partial charge in [-0.3, -0.25) is 4.79 Å². The maximum absolute atomic E-state index is 12.4. The molecule has 3 N–H and O–H groups in total. The van der Waals surface area contributed by atoms with Gasteiger partial charge in [0.2, 0.25) is 5.91 Å². The van der Waals surface area contributed by atoms with Gasteiger partial charge in [-0.2, -0.15) is 5.10 Å². The predicted octanol–water partition coefficient (Wildman–Crippen LogP) is 0.557. The van der Waals surface area contributed by atoms with E-state index in [2.05, 4.69) is 25.7 Å². The lowest BCUT2D eigenvalue weighted by Gasteiger charge is -2.14. The van der Waals surface area contributed by atoms with E-state index in [1.54, 1.807) is 4.68 Å². The molecule has 1 fully saturated rings. The Bertz CT molecular complexity index is 802. The zero-order chi connectivity index (χ0) is 18.8. The van der Waals surface area contributed by atoms with Crippen LogP contribution in [0.4, 0.5) is 0 Å². The molecule has 3 rings (SSSR count).